The van der Waals surface area contributed by atoms with Crippen LogP contribution in [0.2, 0.25) is 0 Å². The second-order valence-electron chi connectivity index (χ2n) is 6.19. The molecule has 1 fully saturated rings. The van der Waals surface area contributed by atoms with E-state index in [1.54, 1.807) is 0 Å². The molecule has 1 aromatic carbocycles. The lowest BCUT2D eigenvalue weighted by molar-refractivity contribution is 0.434. The van der Waals surface area contributed by atoms with E-state index in [9.17, 15) is 0 Å². The lowest BCUT2D eigenvalue weighted by Crippen LogP contribution is -2.33. The van der Waals surface area contributed by atoms with E-state index in [0.717, 1.165) is 6.54 Å². The number of hydrogen-bond donors (Lipinski definition) is 1. The van der Waals surface area contributed by atoms with Crippen molar-refractivity contribution in [1.82, 2.24) is 5.32 Å². The van der Waals surface area contributed by atoms with Crippen LogP contribution >= 0.6 is 0 Å². The normalized spacial score (nSPS) is 26.0. The Kier molecular flexibility index (Phi) is 2.83. The molecule has 1 heteroatoms. The Morgan fingerprint density at radius 2 is 1.75 bits per heavy atom. The van der Waals surface area contributed by atoms with Crippen molar-refractivity contribution >= 4 is 0 Å². The van der Waals surface area contributed by atoms with Crippen LogP contribution in [0.4, 0.5) is 0 Å². The molecule has 88 valence electrons. The molecule has 1 N–H and O–H groups in total. The topological polar surface area (TPSA) is 12.0 Å². The summed E-state index contributed by atoms with van der Waals surface area (Å²) >= 11 is 0. The fraction of sp³-hybridized carbons (Fsp3) is 0.600. The Morgan fingerprint density at radius 3 is 2.19 bits per heavy atom. The second-order valence-corrected chi connectivity index (χ2v) is 6.19. The van der Waals surface area contributed by atoms with E-state index in [4.69, 9.17) is 0 Å². The highest BCUT2D eigenvalue weighted by molar-refractivity contribution is 5.32. The van der Waals surface area contributed by atoms with Gasteiger partial charge >= 0.3 is 0 Å². The Hall–Kier alpha value is -0.820. The van der Waals surface area contributed by atoms with E-state index in [-0.39, 0.29) is 11.0 Å². The van der Waals surface area contributed by atoms with Crippen molar-refractivity contribution in [2.75, 3.05) is 6.54 Å². The summed E-state index contributed by atoms with van der Waals surface area (Å²) < 4.78 is 0. The van der Waals surface area contributed by atoms with Gasteiger partial charge in [0.2, 0.25) is 0 Å². The van der Waals surface area contributed by atoms with Crippen molar-refractivity contribution in [3.63, 3.8) is 0 Å². The first-order valence-corrected chi connectivity index (χ1v) is 6.28. The van der Waals surface area contributed by atoms with Crippen LogP contribution in [0.25, 0.3) is 0 Å². The predicted molar refractivity (Wildman–Crippen MR) is 69.7 cm³/mol. The molecule has 0 aliphatic carbocycles. The van der Waals surface area contributed by atoms with Crippen LogP contribution in [0.3, 0.4) is 0 Å². The van der Waals surface area contributed by atoms with E-state index in [1.807, 2.05) is 0 Å². The SMILES string of the molecule is CC(C)(C)c1ccc(C2(C)CCCN2)cc1. The third-order valence-corrected chi connectivity index (χ3v) is 3.76. The van der Waals surface area contributed by atoms with E-state index in [0.29, 0.717) is 0 Å². The second kappa shape index (κ2) is 3.89. The van der Waals surface area contributed by atoms with Crippen molar-refractivity contribution in [1.29, 1.82) is 0 Å². The van der Waals surface area contributed by atoms with E-state index < -0.39 is 0 Å². The molecule has 1 heterocycles. The van der Waals surface area contributed by atoms with Gasteiger partial charge in [-0.2, -0.15) is 0 Å². The standard InChI is InChI=1S/C15H23N/c1-14(2,3)12-6-8-13(9-7-12)15(4)10-5-11-16-15/h6-9,16H,5,10-11H2,1-4H3. The maximum Gasteiger partial charge on any atom is 0.0406 e. The molecule has 16 heavy (non-hydrogen) atoms. The highest BCUT2D eigenvalue weighted by Gasteiger charge is 2.29. The lowest BCUT2D eigenvalue weighted by Gasteiger charge is -2.26. The number of benzene rings is 1. The first kappa shape index (κ1) is 11.7. The molecule has 1 aromatic rings. The summed E-state index contributed by atoms with van der Waals surface area (Å²) in [6, 6.07) is 9.14. The summed E-state index contributed by atoms with van der Waals surface area (Å²) in [5.74, 6) is 0. The Morgan fingerprint density at radius 1 is 1.12 bits per heavy atom. The fourth-order valence-corrected chi connectivity index (χ4v) is 2.48. The zero-order valence-electron chi connectivity index (χ0n) is 10.9. The molecule has 2 rings (SSSR count). The molecule has 0 spiro atoms. The quantitative estimate of drug-likeness (QED) is 0.758. The molecule has 1 unspecified atom stereocenters. The van der Waals surface area contributed by atoms with Gasteiger partial charge in [0.05, 0.1) is 0 Å². The summed E-state index contributed by atoms with van der Waals surface area (Å²) in [6.45, 7) is 10.2. The maximum atomic E-state index is 3.61. The van der Waals surface area contributed by atoms with Gasteiger partial charge in [0.15, 0.2) is 0 Å². The molecule has 0 saturated carbocycles. The predicted octanol–water partition coefficient (Wildman–Crippen LogP) is 3.58. The van der Waals surface area contributed by atoms with Crippen LogP contribution in [0.15, 0.2) is 24.3 Å². The third-order valence-electron chi connectivity index (χ3n) is 3.76. The molecule has 1 atom stereocenters. The molecule has 1 aliphatic heterocycles. The van der Waals surface area contributed by atoms with E-state index in [1.165, 1.54) is 24.0 Å². The van der Waals surface area contributed by atoms with Crippen LogP contribution in [0, 0.1) is 0 Å². The van der Waals surface area contributed by atoms with Crippen molar-refractivity contribution in [2.24, 2.45) is 0 Å². The molecular weight excluding hydrogens is 194 g/mol. The van der Waals surface area contributed by atoms with Gasteiger partial charge in [-0.05, 0) is 42.9 Å². The third kappa shape index (κ3) is 2.15. The summed E-state index contributed by atoms with van der Waals surface area (Å²) in [4.78, 5) is 0. The van der Waals surface area contributed by atoms with Gasteiger partial charge in [0, 0.05) is 5.54 Å². The van der Waals surface area contributed by atoms with Gasteiger partial charge in [0.25, 0.3) is 0 Å². The Labute approximate surface area is 99.3 Å². The van der Waals surface area contributed by atoms with E-state index in [2.05, 4.69) is 57.3 Å². The number of hydrogen-bond acceptors (Lipinski definition) is 1. The zero-order chi connectivity index (χ0) is 11.8. The zero-order valence-corrected chi connectivity index (χ0v) is 10.9. The maximum absolute atomic E-state index is 3.61. The molecule has 0 bridgehead atoms. The average Bonchev–Trinajstić information content (AvgIpc) is 2.66. The van der Waals surface area contributed by atoms with Gasteiger partial charge in [-0.15, -0.1) is 0 Å². The van der Waals surface area contributed by atoms with E-state index >= 15 is 0 Å². The summed E-state index contributed by atoms with van der Waals surface area (Å²) in [7, 11) is 0. The number of rotatable bonds is 1. The van der Waals surface area contributed by atoms with Gasteiger partial charge < -0.3 is 5.32 Å². The molecular formula is C15H23N. The molecule has 0 radical (unpaired) electrons. The minimum absolute atomic E-state index is 0.205. The van der Waals surface area contributed by atoms with Gasteiger partial charge in [-0.3, -0.25) is 0 Å². The monoisotopic (exact) mass is 217 g/mol. The lowest BCUT2D eigenvalue weighted by atomic mass is 9.84. The van der Waals surface area contributed by atoms with Crippen LogP contribution in [0.1, 0.15) is 51.7 Å². The van der Waals surface area contributed by atoms with Crippen LogP contribution < -0.4 is 5.32 Å². The molecule has 1 aliphatic rings. The molecule has 0 aromatic heterocycles. The van der Waals surface area contributed by atoms with Crippen LogP contribution in [0.5, 0.6) is 0 Å². The largest absolute Gasteiger partial charge is 0.308 e. The summed E-state index contributed by atoms with van der Waals surface area (Å²) in [5, 5.41) is 3.61. The Balaban J connectivity index is 2.26. The summed E-state index contributed by atoms with van der Waals surface area (Å²) in [6.07, 6.45) is 2.54. The first-order chi connectivity index (χ1) is 7.42. The van der Waals surface area contributed by atoms with Crippen molar-refractivity contribution < 1.29 is 0 Å². The minimum Gasteiger partial charge on any atom is -0.308 e. The van der Waals surface area contributed by atoms with Crippen LogP contribution in [-0.2, 0) is 11.0 Å². The van der Waals surface area contributed by atoms with Gasteiger partial charge in [0.1, 0.15) is 0 Å². The summed E-state index contributed by atoms with van der Waals surface area (Å²) in [5.41, 5.74) is 3.30. The number of nitrogens with one attached hydrogen (secondary N) is 1. The smallest absolute Gasteiger partial charge is 0.0406 e. The fourth-order valence-electron chi connectivity index (χ4n) is 2.48. The molecule has 0 amide bonds. The van der Waals surface area contributed by atoms with Gasteiger partial charge in [-0.1, -0.05) is 45.0 Å². The first-order valence-electron chi connectivity index (χ1n) is 6.28. The minimum atomic E-state index is 0.205. The Bertz CT molecular complexity index is 350. The van der Waals surface area contributed by atoms with Crippen molar-refractivity contribution in [2.45, 2.75) is 51.5 Å². The molecule has 1 saturated heterocycles. The van der Waals surface area contributed by atoms with Crippen molar-refractivity contribution in [3.8, 4) is 0 Å². The highest BCUT2D eigenvalue weighted by Crippen LogP contribution is 2.31. The highest BCUT2D eigenvalue weighted by atomic mass is 15.0. The van der Waals surface area contributed by atoms with Gasteiger partial charge in [-0.25, -0.2) is 0 Å². The van der Waals surface area contributed by atoms with Crippen LogP contribution in [-0.4, -0.2) is 6.54 Å². The van der Waals surface area contributed by atoms with Crippen molar-refractivity contribution in [3.05, 3.63) is 35.4 Å². The molecule has 1 nitrogen and oxygen atoms in total. The average molecular weight is 217 g/mol.